The molecule has 3 aliphatic heterocycles. The minimum Gasteiger partial charge on any atom is -0.314 e. The predicted octanol–water partition coefficient (Wildman–Crippen LogP) is 2.56. The number of fused-ring (bicyclic) bond motifs is 1. The Balaban J connectivity index is 1.25. The van der Waals surface area contributed by atoms with Crippen LogP contribution in [-0.4, -0.2) is 65.1 Å². The van der Waals surface area contributed by atoms with Crippen molar-refractivity contribution >= 4 is 23.6 Å². The molecule has 3 unspecified atom stereocenters. The highest BCUT2D eigenvalue weighted by Gasteiger charge is 2.65. The van der Waals surface area contributed by atoms with Crippen LogP contribution in [0.2, 0.25) is 0 Å². The van der Waals surface area contributed by atoms with E-state index in [2.05, 4.69) is 58.8 Å². The zero-order chi connectivity index (χ0) is 23.2. The molecule has 33 heavy (non-hydrogen) atoms. The van der Waals surface area contributed by atoms with Crippen LogP contribution >= 0.6 is 11.8 Å². The fourth-order valence-electron chi connectivity index (χ4n) is 5.23. The van der Waals surface area contributed by atoms with Crippen molar-refractivity contribution in [2.75, 3.05) is 6.67 Å². The smallest absolute Gasteiger partial charge is 0.250 e. The van der Waals surface area contributed by atoms with Gasteiger partial charge in [-0.1, -0.05) is 55.7 Å². The van der Waals surface area contributed by atoms with Crippen molar-refractivity contribution in [3.63, 3.8) is 0 Å². The van der Waals surface area contributed by atoms with E-state index in [-0.39, 0.29) is 28.0 Å². The fourth-order valence-corrected chi connectivity index (χ4v) is 6.93. The van der Waals surface area contributed by atoms with E-state index in [1.807, 2.05) is 17.0 Å². The van der Waals surface area contributed by atoms with Gasteiger partial charge >= 0.3 is 0 Å². The second kappa shape index (κ2) is 8.72. The summed E-state index contributed by atoms with van der Waals surface area (Å²) in [5, 5.41) is 17.6. The first-order chi connectivity index (χ1) is 15.9. The van der Waals surface area contributed by atoms with Crippen molar-refractivity contribution in [3.05, 3.63) is 41.2 Å². The van der Waals surface area contributed by atoms with E-state index in [4.69, 9.17) is 0 Å². The maximum atomic E-state index is 13.3. The normalized spacial score (nSPS) is 28.3. The van der Waals surface area contributed by atoms with Crippen molar-refractivity contribution in [1.82, 2.24) is 35.7 Å². The molecule has 0 radical (unpaired) electrons. The molecule has 3 aliphatic rings. The molecular formula is C23H31N7O2S. The minimum atomic E-state index is -0.464. The molecule has 1 aromatic heterocycles. The number of hydrogen-bond acceptors (Lipinski definition) is 7. The Morgan fingerprint density at radius 2 is 1.91 bits per heavy atom. The van der Waals surface area contributed by atoms with E-state index in [9.17, 15) is 9.59 Å². The molecule has 0 aliphatic carbocycles. The number of nitrogens with zero attached hydrogens (tertiary/aromatic N) is 5. The molecule has 3 saturated heterocycles. The summed E-state index contributed by atoms with van der Waals surface area (Å²) in [6.45, 7) is 6.75. The zero-order valence-electron chi connectivity index (χ0n) is 19.3. The minimum absolute atomic E-state index is 0.0369. The van der Waals surface area contributed by atoms with Crippen LogP contribution in [0.5, 0.6) is 0 Å². The van der Waals surface area contributed by atoms with Gasteiger partial charge in [-0.2, -0.15) is 5.21 Å². The van der Waals surface area contributed by atoms with Crippen molar-refractivity contribution in [2.24, 2.45) is 0 Å². The second-order valence-corrected chi connectivity index (χ2v) is 11.4. The quantitative estimate of drug-likeness (QED) is 0.452. The van der Waals surface area contributed by atoms with Crippen LogP contribution in [0.25, 0.3) is 0 Å². The van der Waals surface area contributed by atoms with Crippen molar-refractivity contribution in [2.45, 2.75) is 81.1 Å². The summed E-state index contributed by atoms with van der Waals surface area (Å²) in [7, 11) is 0. The lowest BCUT2D eigenvalue weighted by Crippen LogP contribution is -2.68. The molecule has 0 saturated carbocycles. The maximum Gasteiger partial charge on any atom is 0.250 e. The molecule has 4 heterocycles. The van der Waals surface area contributed by atoms with Gasteiger partial charge in [-0.3, -0.25) is 14.9 Å². The van der Waals surface area contributed by atoms with Crippen LogP contribution in [0, 0.1) is 0 Å². The first-order valence-electron chi connectivity index (χ1n) is 11.8. The van der Waals surface area contributed by atoms with E-state index in [0.29, 0.717) is 12.5 Å². The number of benzene rings is 1. The summed E-state index contributed by atoms with van der Waals surface area (Å²) in [5.41, 5.74) is 2.26. The van der Waals surface area contributed by atoms with Crippen LogP contribution in [0.4, 0.5) is 0 Å². The molecule has 9 nitrogen and oxygen atoms in total. The molecule has 2 amide bonds. The summed E-state index contributed by atoms with van der Waals surface area (Å²) in [6.07, 6.45) is 6.04. The number of aromatic nitrogens is 4. The number of carbonyl (C=O) groups excluding carboxylic acids is 2. The predicted molar refractivity (Wildman–Crippen MR) is 125 cm³/mol. The molecule has 0 bridgehead atoms. The number of H-pyrrole nitrogens is 1. The Kier molecular flexibility index (Phi) is 5.90. The van der Waals surface area contributed by atoms with Crippen LogP contribution < -0.4 is 5.32 Å². The van der Waals surface area contributed by atoms with Gasteiger partial charge in [0.2, 0.25) is 11.8 Å². The third-order valence-corrected chi connectivity index (χ3v) is 8.54. The van der Waals surface area contributed by atoms with Crippen molar-refractivity contribution in [3.8, 4) is 0 Å². The van der Waals surface area contributed by atoms with Gasteiger partial charge < -0.3 is 9.80 Å². The standard InChI is InChI=1S/C23H31N7O2S/c1-4-5-6-7-8-14-9-11-15(12-10-14)16-20(31)29(13-24-16)17-21(32)30-18(19-25-27-28-26-19)23(2,3)33-22(17)30/h9-12,16-18,22,24H,4-8,13H2,1-3H3,(H,25,26,27,28)/t16?,17?,18?,22-/m0/s1. The number of β-lactam (4-membered cyclic amide) rings is 1. The monoisotopic (exact) mass is 469 g/mol. The third kappa shape index (κ3) is 3.82. The number of nitrogens with one attached hydrogen (secondary N) is 2. The summed E-state index contributed by atoms with van der Waals surface area (Å²) in [6, 6.07) is 7.20. The number of rotatable bonds is 8. The highest BCUT2D eigenvalue weighted by molar-refractivity contribution is 8.01. The number of thioether (sulfide) groups is 1. The molecule has 2 aromatic rings. The van der Waals surface area contributed by atoms with E-state index in [0.717, 1.165) is 12.0 Å². The van der Waals surface area contributed by atoms with Crippen LogP contribution in [0.1, 0.15) is 75.5 Å². The van der Waals surface area contributed by atoms with Gasteiger partial charge in [0.1, 0.15) is 23.5 Å². The van der Waals surface area contributed by atoms with Gasteiger partial charge in [-0.15, -0.1) is 22.0 Å². The number of aromatic amines is 1. The van der Waals surface area contributed by atoms with Gasteiger partial charge in [-0.25, -0.2) is 0 Å². The van der Waals surface area contributed by atoms with Crippen LogP contribution in [0.3, 0.4) is 0 Å². The Morgan fingerprint density at radius 3 is 2.61 bits per heavy atom. The van der Waals surface area contributed by atoms with Gasteiger partial charge in [0.05, 0.1) is 6.67 Å². The lowest BCUT2D eigenvalue weighted by Gasteiger charge is -2.47. The van der Waals surface area contributed by atoms with E-state index in [1.54, 1.807) is 16.7 Å². The molecule has 2 N–H and O–H groups in total. The Hall–Kier alpha value is -2.46. The molecule has 5 rings (SSSR count). The highest BCUT2D eigenvalue weighted by atomic mass is 32.2. The van der Waals surface area contributed by atoms with E-state index < -0.39 is 12.1 Å². The third-order valence-electron chi connectivity index (χ3n) is 6.98. The molecule has 176 valence electrons. The van der Waals surface area contributed by atoms with Gasteiger partial charge in [0.25, 0.3) is 0 Å². The highest BCUT2D eigenvalue weighted by Crippen LogP contribution is 2.57. The van der Waals surface area contributed by atoms with Crippen molar-refractivity contribution < 1.29 is 9.59 Å². The molecule has 0 spiro atoms. The lowest BCUT2D eigenvalue weighted by atomic mass is 9.94. The largest absolute Gasteiger partial charge is 0.314 e. The van der Waals surface area contributed by atoms with E-state index in [1.165, 1.54) is 31.2 Å². The molecule has 10 heteroatoms. The topological polar surface area (TPSA) is 107 Å². The number of tetrazole rings is 1. The number of aryl methyl sites for hydroxylation is 1. The first kappa shape index (κ1) is 22.3. The average Bonchev–Trinajstić information content (AvgIpc) is 3.50. The summed E-state index contributed by atoms with van der Waals surface area (Å²) in [4.78, 5) is 30.0. The number of carbonyl (C=O) groups is 2. The first-order valence-corrected chi connectivity index (χ1v) is 12.7. The van der Waals surface area contributed by atoms with Gasteiger partial charge in [-0.05, 0) is 37.8 Å². The van der Waals surface area contributed by atoms with Crippen molar-refractivity contribution in [1.29, 1.82) is 0 Å². The second-order valence-electron chi connectivity index (χ2n) is 9.63. The van der Waals surface area contributed by atoms with Gasteiger partial charge in [0.15, 0.2) is 5.82 Å². The summed E-state index contributed by atoms with van der Waals surface area (Å²) >= 11 is 1.70. The number of unbranched alkanes of at least 4 members (excludes halogenated alkanes) is 3. The lowest BCUT2D eigenvalue weighted by molar-refractivity contribution is -0.161. The number of hydrogen-bond donors (Lipinski definition) is 2. The molecule has 4 atom stereocenters. The summed E-state index contributed by atoms with van der Waals surface area (Å²) in [5.74, 6) is 0.427. The maximum absolute atomic E-state index is 13.3. The Labute approximate surface area is 198 Å². The average molecular weight is 470 g/mol. The summed E-state index contributed by atoms with van der Waals surface area (Å²) < 4.78 is -0.276. The van der Waals surface area contributed by atoms with Crippen LogP contribution in [0.15, 0.2) is 24.3 Å². The Bertz CT molecular complexity index is 1010. The Morgan fingerprint density at radius 1 is 1.12 bits per heavy atom. The number of amides is 2. The van der Waals surface area contributed by atoms with Crippen LogP contribution in [-0.2, 0) is 16.0 Å². The van der Waals surface area contributed by atoms with E-state index >= 15 is 0 Å². The molecule has 1 aromatic carbocycles. The zero-order valence-corrected chi connectivity index (χ0v) is 20.1. The molecular weight excluding hydrogens is 438 g/mol. The molecule has 3 fully saturated rings. The fraction of sp³-hybridized carbons (Fsp3) is 0.609. The SMILES string of the molecule is CCCCCCc1ccc(C2NCN(C3C(=O)N4C(c5nn[nH]n5)C(C)(C)S[C@@H]34)C2=O)cc1. The van der Waals surface area contributed by atoms with Gasteiger partial charge in [0, 0.05) is 4.75 Å².